The van der Waals surface area contributed by atoms with Crippen LogP contribution >= 0.6 is 0 Å². The van der Waals surface area contributed by atoms with Gasteiger partial charge in [-0.2, -0.15) is 0 Å². The fourth-order valence-corrected chi connectivity index (χ4v) is 1.81. The highest BCUT2D eigenvalue weighted by atomic mass is 16.5. The summed E-state index contributed by atoms with van der Waals surface area (Å²) in [5.41, 5.74) is 6.79. The fraction of sp³-hybridized carbons (Fsp3) is 0.533. The van der Waals surface area contributed by atoms with Crippen molar-refractivity contribution in [2.45, 2.75) is 26.3 Å². The van der Waals surface area contributed by atoms with Crippen LogP contribution < -0.4 is 15.2 Å². The number of hydrogen-bond acceptors (Lipinski definition) is 4. The van der Waals surface area contributed by atoms with Crippen LogP contribution in [-0.2, 0) is 11.2 Å². The van der Waals surface area contributed by atoms with Crippen molar-refractivity contribution in [3.8, 4) is 11.5 Å². The lowest BCUT2D eigenvalue weighted by Crippen LogP contribution is -2.31. The van der Waals surface area contributed by atoms with Gasteiger partial charge in [0.1, 0.15) is 0 Å². The number of amides is 1. The lowest BCUT2D eigenvalue weighted by Gasteiger charge is -2.18. The highest BCUT2D eigenvalue weighted by Gasteiger charge is 2.15. The topological polar surface area (TPSA) is 64.8 Å². The molecular formula is C15H24N2O3. The molecule has 5 heteroatoms. The minimum atomic E-state index is -0.0647. The molecule has 1 aromatic rings. The number of rotatable bonds is 7. The second-order valence-electron chi connectivity index (χ2n) is 4.83. The zero-order valence-electron chi connectivity index (χ0n) is 12.7. The maximum absolute atomic E-state index is 11.8. The van der Waals surface area contributed by atoms with Gasteiger partial charge in [0.15, 0.2) is 18.1 Å². The van der Waals surface area contributed by atoms with Crippen molar-refractivity contribution in [2.75, 3.05) is 27.3 Å². The van der Waals surface area contributed by atoms with Gasteiger partial charge in [-0.1, -0.05) is 12.1 Å². The van der Waals surface area contributed by atoms with Crippen LogP contribution in [0.3, 0.4) is 0 Å². The number of para-hydroxylation sites is 1. The van der Waals surface area contributed by atoms with E-state index in [-0.39, 0.29) is 18.6 Å². The van der Waals surface area contributed by atoms with E-state index in [2.05, 4.69) is 0 Å². The molecule has 1 aromatic carbocycles. The predicted octanol–water partition coefficient (Wildman–Crippen LogP) is 1.44. The van der Waals surface area contributed by atoms with E-state index in [0.29, 0.717) is 24.5 Å². The minimum Gasteiger partial charge on any atom is -0.493 e. The third-order valence-electron chi connectivity index (χ3n) is 3.06. The summed E-state index contributed by atoms with van der Waals surface area (Å²) in [7, 11) is 3.33. The number of carbonyl (C=O) groups excluding carboxylic acids is 1. The molecule has 0 saturated heterocycles. The van der Waals surface area contributed by atoms with E-state index in [0.717, 1.165) is 5.56 Å². The van der Waals surface area contributed by atoms with E-state index in [1.54, 1.807) is 19.1 Å². The highest BCUT2D eigenvalue weighted by Crippen LogP contribution is 2.31. The zero-order chi connectivity index (χ0) is 15.1. The van der Waals surface area contributed by atoms with E-state index < -0.39 is 0 Å². The van der Waals surface area contributed by atoms with Crippen LogP contribution in [0.25, 0.3) is 0 Å². The van der Waals surface area contributed by atoms with Crippen molar-refractivity contribution in [2.24, 2.45) is 5.73 Å². The summed E-state index contributed by atoms with van der Waals surface area (Å²) < 4.78 is 11.0. The summed E-state index contributed by atoms with van der Waals surface area (Å²) >= 11 is 0. The van der Waals surface area contributed by atoms with Gasteiger partial charge in [-0.15, -0.1) is 0 Å². The van der Waals surface area contributed by atoms with Crippen molar-refractivity contribution >= 4 is 5.91 Å². The molecule has 1 amide bonds. The van der Waals surface area contributed by atoms with Crippen molar-refractivity contribution in [1.29, 1.82) is 0 Å². The van der Waals surface area contributed by atoms with Gasteiger partial charge in [0.2, 0.25) is 0 Å². The lowest BCUT2D eigenvalue weighted by molar-refractivity contribution is -0.131. The molecule has 112 valence electrons. The van der Waals surface area contributed by atoms with Crippen LogP contribution in [0, 0.1) is 0 Å². The number of nitrogens with zero attached hydrogens (tertiary/aromatic N) is 1. The van der Waals surface area contributed by atoms with Gasteiger partial charge >= 0.3 is 0 Å². The Morgan fingerprint density at radius 3 is 2.70 bits per heavy atom. The molecule has 0 aliphatic carbocycles. The number of methoxy groups -OCH3 is 1. The molecular weight excluding hydrogens is 256 g/mol. The summed E-state index contributed by atoms with van der Waals surface area (Å²) in [5.74, 6) is 1.16. The van der Waals surface area contributed by atoms with Gasteiger partial charge in [0.25, 0.3) is 5.91 Å². The number of nitrogens with two attached hydrogens (primary N) is 1. The molecule has 0 aliphatic heterocycles. The Morgan fingerprint density at radius 1 is 1.45 bits per heavy atom. The Balaban J connectivity index is 2.88. The monoisotopic (exact) mass is 280 g/mol. The minimum absolute atomic E-state index is 0.00331. The van der Waals surface area contributed by atoms with Gasteiger partial charge in [-0.05, 0) is 31.9 Å². The Kier molecular flexibility index (Phi) is 6.31. The summed E-state index contributed by atoms with van der Waals surface area (Å²) in [4.78, 5) is 13.4. The van der Waals surface area contributed by atoms with E-state index in [9.17, 15) is 4.79 Å². The van der Waals surface area contributed by atoms with Gasteiger partial charge in [0.05, 0.1) is 7.11 Å². The Morgan fingerprint density at radius 2 is 2.15 bits per heavy atom. The largest absolute Gasteiger partial charge is 0.493 e. The molecule has 5 nitrogen and oxygen atoms in total. The first-order valence-electron chi connectivity index (χ1n) is 6.77. The summed E-state index contributed by atoms with van der Waals surface area (Å²) in [6.07, 6.45) is 0.671. The molecule has 0 radical (unpaired) electrons. The quantitative estimate of drug-likeness (QED) is 0.821. The van der Waals surface area contributed by atoms with Gasteiger partial charge in [-0.25, -0.2) is 0 Å². The van der Waals surface area contributed by atoms with Gasteiger partial charge < -0.3 is 20.1 Å². The number of hydrogen-bond donors (Lipinski definition) is 1. The fourth-order valence-electron chi connectivity index (χ4n) is 1.81. The van der Waals surface area contributed by atoms with E-state index in [4.69, 9.17) is 15.2 Å². The molecule has 0 bridgehead atoms. The van der Waals surface area contributed by atoms with Crippen molar-refractivity contribution < 1.29 is 14.3 Å². The Labute approximate surface area is 120 Å². The molecule has 1 atom stereocenters. The molecule has 20 heavy (non-hydrogen) atoms. The first-order chi connectivity index (χ1) is 9.49. The molecule has 0 spiro atoms. The van der Waals surface area contributed by atoms with E-state index in [1.165, 1.54) is 0 Å². The Bertz CT molecular complexity index is 447. The number of likely N-dealkylation sites (N-methyl/N-ethyl adjacent to an activating group) is 1. The molecule has 1 unspecified atom stereocenters. The van der Waals surface area contributed by atoms with Crippen molar-refractivity contribution in [3.05, 3.63) is 23.8 Å². The predicted molar refractivity (Wildman–Crippen MR) is 79.2 cm³/mol. The van der Waals surface area contributed by atoms with Crippen LogP contribution in [0.1, 0.15) is 19.4 Å². The van der Waals surface area contributed by atoms with E-state index in [1.807, 2.05) is 32.0 Å². The lowest BCUT2D eigenvalue weighted by atomic mass is 10.1. The maximum Gasteiger partial charge on any atom is 0.260 e. The highest BCUT2D eigenvalue weighted by molar-refractivity contribution is 5.77. The number of carbonyl (C=O) groups is 1. The first kappa shape index (κ1) is 16.3. The molecule has 2 N–H and O–H groups in total. The molecule has 0 aliphatic rings. The molecule has 0 heterocycles. The third kappa shape index (κ3) is 4.42. The second kappa shape index (κ2) is 7.75. The molecule has 0 fully saturated rings. The molecule has 0 aromatic heterocycles. The Hall–Kier alpha value is -1.75. The third-order valence-corrected chi connectivity index (χ3v) is 3.06. The van der Waals surface area contributed by atoms with Crippen LogP contribution in [0.4, 0.5) is 0 Å². The maximum atomic E-state index is 11.8. The molecule has 0 saturated carbocycles. The molecule has 1 rings (SSSR count). The SMILES string of the molecule is CCN(C)C(=O)COc1c(CC(C)N)cccc1OC. The van der Waals surface area contributed by atoms with Crippen LogP contribution in [0.5, 0.6) is 11.5 Å². The van der Waals surface area contributed by atoms with Crippen molar-refractivity contribution in [3.63, 3.8) is 0 Å². The van der Waals surface area contributed by atoms with Crippen molar-refractivity contribution in [1.82, 2.24) is 4.90 Å². The van der Waals surface area contributed by atoms with Crippen LogP contribution in [0.15, 0.2) is 18.2 Å². The number of ether oxygens (including phenoxy) is 2. The normalized spacial score (nSPS) is 11.8. The number of benzene rings is 1. The second-order valence-corrected chi connectivity index (χ2v) is 4.83. The van der Waals surface area contributed by atoms with Gasteiger partial charge in [-0.3, -0.25) is 4.79 Å². The van der Waals surface area contributed by atoms with Crippen LogP contribution in [-0.4, -0.2) is 44.2 Å². The van der Waals surface area contributed by atoms with E-state index >= 15 is 0 Å². The summed E-state index contributed by atoms with van der Waals surface area (Å²) in [6.45, 7) is 4.50. The summed E-state index contributed by atoms with van der Waals surface area (Å²) in [5, 5.41) is 0. The summed E-state index contributed by atoms with van der Waals surface area (Å²) in [6, 6.07) is 5.66. The average molecular weight is 280 g/mol. The zero-order valence-corrected chi connectivity index (χ0v) is 12.7. The standard InChI is InChI=1S/C15H24N2O3/c1-5-17(3)14(18)10-20-15-12(9-11(2)16)7-6-8-13(15)19-4/h6-8,11H,5,9-10,16H2,1-4H3. The first-order valence-corrected chi connectivity index (χ1v) is 6.77. The van der Waals surface area contributed by atoms with Gasteiger partial charge in [0, 0.05) is 19.6 Å². The smallest absolute Gasteiger partial charge is 0.260 e. The average Bonchev–Trinajstić information content (AvgIpc) is 2.43. The van der Waals surface area contributed by atoms with Crippen LogP contribution in [0.2, 0.25) is 0 Å².